The van der Waals surface area contributed by atoms with E-state index in [9.17, 15) is 5.11 Å². The number of allylic oxidation sites excluding steroid dienone is 1. The van der Waals surface area contributed by atoms with Gasteiger partial charge in [-0.25, -0.2) is 0 Å². The van der Waals surface area contributed by atoms with E-state index in [2.05, 4.69) is 18.8 Å². The zero-order chi connectivity index (χ0) is 13.3. The van der Waals surface area contributed by atoms with E-state index in [0.717, 1.165) is 19.3 Å². The highest BCUT2D eigenvalue weighted by atomic mass is 16.3. The van der Waals surface area contributed by atoms with Crippen molar-refractivity contribution in [2.45, 2.75) is 52.2 Å². The Balaban J connectivity index is 0.00000121. The topological polar surface area (TPSA) is 58.3 Å². The molecule has 0 aromatic heterocycles. The molecule has 0 heterocycles. The standard InChI is InChI=1S/C12H22N2O.C2H6/c1-3-9-5-11(6-10(9)4-2)14-8-12(15)7-13;1-2/h3,11-12,14-15H,1,4-8,13H2,2H3;1-2H3. The van der Waals surface area contributed by atoms with Crippen LogP contribution in [0.15, 0.2) is 23.8 Å². The Morgan fingerprint density at radius 2 is 2.18 bits per heavy atom. The molecule has 0 amide bonds. The second kappa shape index (κ2) is 9.40. The first-order valence-corrected chi connectivity index (χ1v) is 6.66. The van der Waals surface area contributed by atoms with Gasteiger partial charge >= 0.3 is 0 Å². The SMILES string of the molecule is C=CC1=C(CC)CC(NCC(O)CN)C1.CC. The molecule has 0 fully saturated rings. The number of rotatable bonds is 6. The summed E-state index contributed by atoms with van der Waals surface area (Å²) in [6.07, 6.45) is 4.74. The first-order valence-electron chi connectivity index (χ1n) is 6.66. The van der Waals surface area contributed by atoms with E-state index in [-0.39, 0.29) is 0 Å². The molecule has 0 saturated heterocycles. The maximum atomic E-state index is 9.34. The van der Waals surface area contributed by atoms with Crippen molar-refractivity contribution in [2.75, 3.05) is 13.1 Å². The van der Waals surface area contributed by atoms with Crippen LogP contribution in [0.2, 0.25) is 0 Å². The molecule has 0 aromatic carbocycles. The lowest BCUT2D eigenvalue weighted by atomic mass is 10.1. The van der Waals surface area contributed by atoms with Crippen LogP contribution in [-0.4, -0.2) is 30.3 Å². The zero-order valence-corrected chi connectivity index (χ0v) is 11.5. The van der Waals surface area contributed by atoms with Gasteiger partial charge in [-0.3, -0.25) is 0 Å². The molecule has 1 aliphatic carbocycles. The summed E-state index contributed by atoms with van der Waals surface area (Å²) in [5.74, 6) is 0. The number of aliphatic hydroxyl groups is 1. The molecule has 100 valence electrons. The number of nitrogens with two attached hydrogens (primary N) is 1. The summed E-state index contributed by atoms with van der Waals surface area (Å²) in [5, 5.41) is 12.7. The molecule has 0 radical (unpaired) electrons. The first-order chi connectivity index (χ1) is 8.21. The Bertz CT molecular complexity index is 249. The first kappa shape index (κ1) is 16.4. The van der Waals surface area contributed by atoms with Gasteiger partial charge in [0.05, 0.1) is 6.10 Å². The van der Waals surface area contributed by atoms with Gasteiger partial charge in [0.2, 0.25) is 0 Å². The minimum Gasteiger partial charge on any atom is -0.390 e. The van der Waals surface area contributed by atoms with Crippen LogP contribution in [0.4, 0.5) is 0 Å². The van der Waals surface area contributed by atoms with Crippen LogP contribution in [0.3, 0.4) is 0 Å². The van der Waals surface area contributed by atoms with E-state index in [1.807, 2.05) is 19.9 Å². The number of nitrogens with one attached hydrogen (secondary N) is 1. The molecule has 0 spiro atoms. The van der Waals surface area contributed by atoms with Crippen molar-refractivity contribution in [3.05, 3.63) is 23.8 Å². The molecule has 17 heavy (non-hydrogen) atoms. The van der Waals surface area contributed by atoms with Gasteiger partial charge in [-0.1, -0.05) is 39.0 Å². The Kier molecular flexibility index (Phi) is 9.04. The summed E-state index contributed by atoms with van der Waals surface area (Å²) in [7, 11) is 0. The molecule has 2 atom stereocenters. The summed E-state index contributed by atoms with van der Waals surface area (Å²) in [6.45, 7) is 10.9. The smallest absolute Gasteiger partial charge is 0.0786 e. The molecular weight excluding hydrogens is 212 g/mol. The van der Waals surface area contributed by atoms with Crippen LogP contribution in [0.1, 0.15) is 40.0 Å². The summed E-state index contributed by atoms with van der Waals surface area (Å²) in [6, 6.07) is 0.453. The van der Waals surface area contributed by atoms with E-state index < -0.39 is 6.10 Å². The highest BCUT2D eigenvalue weighted by Crippen LogP contribution is 2.29. The molecule has 1 aliphatic rings. The van der Waals surface area contributed by atoms with Crippen LogP contribution >= 0.6 is 0 Å². The number of hydrogen-bond acceptors (Lipinski definition) is 3. The fourth-order valence-electron chi connectivity index (χ4n) is 2.04. The third kappa shape index (κ3) is 5.48. The van der Waals surface area contributed by atoms with Crippen molar-refractivity contribution in [3.63, 3.8) is 0 Å². The second-order valence-electron chi connectivity index (χ2n) is 4.09. The fraction of sp³-hybridized carbons (Fsp3) is 0.714. The summed E-state index contributed by atoms with van der Waals surface area (Å²) >= 11 is 0. The van der Waals surface area contributed by atoms with Crippen molar-refractivity contribution in [1.82, 2.24) is 5.32 Å². The minimum absolute atomic E-state index is 0.322. The van der Waals surface area contributed by atoms with E-state index in [0.29, 0.717) is 19.1 Å². The molecule has 3 nitrogen and oxygen atoms in total. The molecular formula is C14H28N2O. The number of hydrogen-bond donors (Lipinski definition) is 3. The quantitative estimate of drug-likeness (QED) is 0.665. The molecule has 0 aromatic rings. The highest BCUT2D eigenvalue weighted by Gasteiger charge is 2.21. The summed E-state index contributed by atoms with van der Waals surface area (Å²) < 4.78 is 0. The summed E-state index contributed by atoms with van der Waals surface area (Å²) in [4.78, 5) is 0. The zero-order valence-electron chi connectivity index (χ0n) is 11.5. The van der Waals surface area contributed by atoms with Crippen molar-refractivity contribution in [2.24, 2.45) is 5.73 Å². The van der Waals surface area contributed by atoms with E-state index in [1.54, 1.807) is 0 Å². The predicted octanol–water partition coefficient (Wildman–Crippen LogP) is 1.98. The maximum absolute atomic E-state index is 9.34. The van der Waals surface area contributed by atoms with Gasteiger partial charge in [0.1, 0.15) is 0 Å². The van der Waals surface area contributed by atoms with Gasteiger partial charge in [0.15, 0.2) is 0 Å². The van der Waals surface area contributed by atoms with Crippen LogP contribution in [-0.2, 0) is 0 Å². The van der Waals surface area contributed by atoms with Gasteiger partial charge in [0, 0.05) is 19.1 Å². The molecule has 0 bridgehead atoms. The van der Waals surface area contributed by atoms with Crippen molar-refractivity contribution in [1.29, 1.82) is 0 Å². The minimum atomic E-state index is -0.428. The Hall–Kier alpha value is -0.640. The van der Waals surface area contributed by atoms with E-state index in [1.165, 1.54) is 11.1 Å². The maximum Gasteiger partial charge on any atom is 0.0786 e. The normalized spacial score (nSPS) is 20.9. The summed E-state index contributed by atoms with van der Waals surface area (Å²) in [5.41, 5.74) is 8.21. The molecule has 0 saturated carbocycles. The van der Waals surface area contributed by atoms with Crippen LogP contribution in [0.25, 0.3) is 0 Å². The average Bonchev–Trinajstić information content (AvgIpc) is 2.80. The Morgan fingerprint density at radius 1 is 1.53 bits per heavy atom. The molecule has 3 heteroatoms. The number of aliphatic hydroxyl groups excluding tert-OH is 1. The van der Waals surface area contributed by atoms with Crippen LogP contribution < -0.4 is 11.1 Å². The largest absolute Gasteiger partial charge is 0.390 e. The highest BCUT2D eigenvalue weighted by molar-refractivity contribution is 5.30. The van der Waals surface area contributed by atoms with E-state index in [4.69, 9.17) is 5.73 Å². The van der Waals surface area contributed by atoms with Crippen LogP contribution in [0.5, 0.6) is 0 Å². The predicted molar refractivity (Wildman–Crippen MR) is 74.9 cm³/mol. The second-order valence-corrected chi connectivity index (χ2v) is 4.09. The fourth-order valence-corrected chi connectivity index (χ4v) is 2.04. The van der Waals surface area contributed by atoms with Crippen molar-refractivity contribution in [3.8, 4) is 0 Å². The van der Waals surface area contributed by atoms with Crippen molar-refractivity contribution < 1.29 is 5.11 Å². The Labute approximate surface area is 106 Å². The van der Waals surface area contributed by atoms with Crippen molar-refractivity contribution >= 4 is 0 Å². The van der Waals surface area contributed by atoms with Gasteiger partial charge in [-0.15, -0.1) is 0 Å². The van der Waals surface area contributed by atoms with Crippen LogP contribution in [0, 0.1) is 0 Å². The van der Waals surface area contributed by atoms with E-state index >= 15 is 0 Å². The molecule has 1 rings (SSSR count). The Morgan fingerprint density at radius 3 is 2.59 bits per heavy atom. The molecule has 2 unspecified atom stereocenters. The third-order valence-electron chi connectivity index (χ3n) is 3.00. The van der Waals surface area contributed by atoms with Gasteiger partial charge in [-0.05, 0) is 24.8 Å². The van der Waals surface area contributed by atoms with Gasteiger partial charge in [-0.2, -0.15) is 0 Å². The van der Waals surface area contributed by atoms with Gasteiger partial charge in [0.25, 0.3) is 0 Å². The van der Waals surface area contributed by atoms with Gasteiger partial charge < -0.3 is 16.2 Å². The lowest BCUT2D eigenvalue weighted by Crippen LogP contribution is -2.37. The molecule has 0 aliphatic heterocycles. The monoisotopic (exact) mass is 240 g/mol. The lowest BCUT2D eigenvalue weighted by Gasteiger charge is -2.15. The average molecular weight is 240 g/mol. The lowest BCUT2D eigenvalue weighted by molar-refractivity contribution is 0.175. The third-order valence-corrected chi connectivity index (χ3v) is 3.00. The molecule has 4 N–H and O–H groups in total.